The van der Waals surface area contributed by atoms with Crippen LogP contribution in [-0.4, -0.2) is 19.0 Å². The highest BCUT2D eigenvalue weighted by Gasteiger charge is 2.03. The third kappa shape index (κ3) is 3.70. The highest BCUT2D eigenvalue weighted by Crippen LogP contribution is 2.24. The van der Waals surface area contributed by atoms with E-state index in [4.69, 9.17) is 10.5 Å². The Morgan fingerprint density at radius 3 is 2.92 bits per heavy atom. The Morgan fingerprint density at radius 2 is 2.31 bits per heavy atom. The molecule has 0 saturated heterocycles. The molecule has 0 aromatic heterocycles. The number of ether oxygens (including phenoxy) is 1. The van der Waals surface area contributed by atoms with Crippen molar-refractivity contribution in [1.82, 2.24) is 0 Å². The zero-order valence-corrected chi connectivity index (χ0v) is 8.80. The quantitative estimate of drug-likeness (QED) is 0.594. The molecule has 0 heterocycles. The minimum atomic E-state index is 0.465. The highest BCUT2D eigenvalue weighted by molar-refractivity contribution is 8.00. The Bertz CT molecular complexity index is 265. The molecule has 1 rings (SSSR count). The summed E-state index contributed by atoms with van der Waals surface area (Å²) >= 11 is 1.78. The predicted octanol–water partition coefficient (Wildman–Crippen LogP) is 2.40. The molecule has 0 bridgehead atoms. The van der Waals surface area contributed by atoms with Crippen LogP contribution >= 0.6 is 11.8 Å². The van der Waals surface area contributed by atoms with Crippen LogP contribution in [0.25, 0.3) is 0 Å². The standard InChI is InChI=1S/C10H15NOS/c1-8(7-12-2)13-10-5-3-4-9(11)6-10/h3-6,8H,7,11H2,1-2H3. The summed E-state index contributed by atoms with van der Waals surface area (Å²) in [5.41, 5.74) is 6.48. The van der Waals surface area contributed by atoms with Gasteiger partial charge in [-0.1, -0.05) is 13.0 Å². The van der Waals surface area contributed by atoms with Crippen molar-refractivity contribution in [2.45, 2.75) is 17.1 Å². The average Bonchev–Trinajstić information content (AvgIpc) is 2.04. The smallest absolute Gasteiger partial charge is 0.0582 e. The zero-order valence-electron chi connectivity index (χ0n) is 7.99. The molecule has 0 fully saturated rings. The van der Waals surface area contributed by atoms with Crippen LogP contribution in [0.5, 0.6) is 0 Å². The fourth-order valence-corrected chi connectivity index (χ4v) is 2.12. The SMILES string of the molecule is COCC(C)Sc1cccc(N)c1. The number of hydrogen-bond acceptors (Lipinski definition) is 3. The van der Waals surface area contributed by atoms with E-state index in [2.05, 4.69) is 13.0 Å². The lowest BCUT2D eigenvalue weighted by atomic mass is 10.3. The van der Waals surface area contributed by atoms with Gasteiger partial charge in [-0.25, -0.2) is 0 Å². The van der Waals surface area contributed by atoms with Crippen LogP contribution in [0.15, 0.2) is 29.2 Å². The summed E-state index contributed by atoms with van der Waals surface area (Å²) in [5, 5.41) is 0.465. The van der Waals surface area contributed by atoms with Crippen molar-refractivity contribution >= 4 is 17.4 Å². The number of anilines is 1. The van der Waals surface area contributed by atoms with Gasteiger partial charge < -0.3 is 10.5 Å². The number of nitrogens with two attached hydrogens (primary N) is 1. The molecule has 3 heteroatoms. The summed E-state index contributed by atoms with van der Waals surface area (Å²) in [6, 6.07) is 7.91. The van der Waals surface area contributed by atoms with Crippen LogP contribution in [0, 0.1) is 0 Å². The lowest BCUT2D eigenvalue weighted by Gasteiger charge is -2.09. The molecule has 2 nitrogen and oxygen atoms in total. The van der Waals surface area contributed by atoms with E-state index >= 15 is 0 Å². The second kappa shape index (κ2) is 5.14. The molecule has 0 radical (unpaired) electrons. The van der Waals surface area contributed by atoms with E-state index in [1.54, 1.807) is 18.9 Å². The minimum absolute atomic E-state index is 0.465. The van der Waals surface area contributed by atoms with Gasteiger partial charge in [-0.15, -0.1) is 11.8 Å². The molecule has 0 spiro atoms. The summed E-state index contributed by atoms with van der Waals surface area (Å²) in [4.78, 5) is 1.20. The van der Waals surface area contributed by atoms with Crippen molar-refractivity contribution in [1.29, 1.82) is 0 Å². The molecule has 0 aliphatic carbocycles. The summed E-state index contributed by atoms with van der Waals surface area (Å²) in [7, 11) is 1.72. The molecule has 0 saturated carbocycles. The Hall–Kier alpha value is -0.670. The van der Waals surface area contributed by atoms with Gasteiger partial charge in [-0.3, -0.25) is 0 Å². The molecule has 1 unspecified atom stereocenters. The molecule has 0 aliphatic rings. The van der Waals surface area contributed by atoms with Gasteiger partial charge in [0.15, 0.2) is 0 Å². The summed E-state index contributed by atoms with van der Waals surface area (Å²) < 4.78 is 5.05. The van der Waals surface area contributed by atoms with Crippen LogP contribution in [0.2, 0.25) is 0 Å². The van der Waals surface area contributed by atoms with Crippen molar-refractivity contribution in [3.63, 3.8) is 0 Å². The van der Waals surface area contributed by atoms with Gasteiger partial charge in [0, 0.05) is 22.9 Å². The van der Waals surface area contributed by atoms with Gasteiger partial charge >= 0.3 is 0 Å². The maximum Gasteiger partial charge on any atom is 0.0582 e. The number of thioether (sulfide) groups is 1. The first kappa shape index (κ1) is 10.4. The van der Waals surface area contributed by atoms with Crippen LogP contribution in [-0.2, 0) is 4.74 Å². The highest BCUT2D eigenvalue weighted by atomic mass is 32.2. The van der Waals surface area contributed by atoms with Gasteiger partial charge in [0.25, 0.3) is 0 Å². The van der Waals surface area contributed by atoms with Gasteiger partial charge in [0.05, 0.1) is 6.61 Å². The van der Waals surface area contributed by atoms with E-state index < -0.39 is 0 Å². The van der Waals surface area contributed by atoms with Crippen LogP contribution in [0.1, 0.15) is 6.92 Å². The largest absolute Gasteiger partial charge is 0.399 e. The average molecular weight is 197 g/mol. The van der Waals surface area contributed by atoms with Crippen molar-refractivity contribution in [2.24, 2.45) is 0 Å². The van der Waals surface area contributed by atoms with Crippen LogP contribution < -0.4 is 5.73 Å². The Morgan fingerprint density at radius 1 is 1.54 bits per heavy atom. The van der Waals surface area contributed by atoms with Crippen molar-refractivity contribution in [3.8, 4) is 0 Å². The Kier molecular flexibility index (Phi) is 4.12. The zero-order chi connectivity index (χ0) is 9.68. The maximum atomic E-state index is 5.66. The maximum absolute atomic E-state index is 5.66. The second-order valence-electron chi connectivity index (χ2n) is 2.96. The van der Waals surface area contributed by atoms with Crippen molar-refractivity contribution in [2.75, 3.05) is 19.5 Å². The van der Waals surface area contributed by atoms with Crippen LogP contribution in [0.4, 0.5) is 5.69 Å². The van der Waals surface area contributed by atoms with E-state index in [0.29, 0.717) is 5.25 Å². The minimum Gasteiger partial charge on any atom is -0.399 e. The van der Waals surface area contributed by atoms with E-state index in [-0.39, 0.29) is 0 Å². The number of methoxy groups -OCH3 is 1. The summed E-state index contributed by atoms with van der Waals surface area (Å²) in [5.74, 6) is 0. The topological polar surface area (TPSA) is 35.2 Å². The van der Waals surface area contributed by atoms with E-state index in [0.717, 1.165) is 12.3 Å². The third-order valence-electron chi connectivity index (χ3n) is 1.60. The van der Waals surface area contributed by atoms with Gasteiger partial charge in [-0.2, -0.15) is 0 Å². The lowest BCUT2D eigenvalue weighted by molar-refractivity contribution is 0.203. The molecular formula is C10H15NOS. The molecule has 2 N–H and O–H groups in total. The predicted molar refractivity (Wildman–Crippen MR) is 58.0 cm³/mol. The first-order valence-electron chi connectivity index (χ1n) is 4.23. The molecule has 72 valence electrons. The van der Waals surface area contributed by atoms with Gasteiger partial charge in [0.2, 0.25) is 0 Å². The summed E-state index contributed by atoms with van der Waals surface area (Å²) in [6.07, 6.45) is 0. The normalized spacial score (nSPS) is 12.8. The summed E-state index contributed by atoms with van der Waals surface area (Å²) in [6.45, 7) is 2.90. The lowest BCUT2D eigenvalue weighted by Crippen LogP contribution is -2.04. The Balaban J connectivity index is 2.53. The fourth-order valence-electron chi connectivity index (χ4n) is 1.09. The van der Waals surface area contributed by atoms with Crippen molar-refractivity contribution < 1.29 is 4.74 Å². The second-order valence-corrected chi connectivity index (χ2v) is 4.47. The molecule has 1 atom stereocenters. The first-order valence-corrected chi connectivity index (χ1v) is 5.11. The number of nitrogen functional groups attached to an aromatic ring is 1. The molecule has 1 aromatic rings. The van der Waals surface area contributed by atoms with Crippen molar-refractivity contribution in [3.05, 3.63) is 24.3 Å². The van der Waals surface area contributed by atoms with Gasteiger partial charge in [-0.05, 0) is 18.2 Å². The Labute approximate surface area is 83.5 Å². The molecule has 0 aliphatic heterocycles. The van der Waals surface area contributed by atoms with E-state index in [9.17, 15) is 0 Å². The molecular weight excluding hydrogens is 182 g/mol. The monoisotopic (exact) mass is 197 g/mol. The number of benzene rings is 1. The molecule has 13 heavy (non-hydrogen) atoms. The first-order chi connectivity index (χ1) is 6.22. The third-order valence-corrected chi connectivity index (χ3v) is 2.66. The number of hydrogen-bond donors (Lipinski definition) is 1. The molecule has 0 amide bonds. The fraction of sp³-hybridized carbons (Fsp3) is 0.400. The molecule has 1 aromatic carbocycles. The van der Waals surface area contributed by atoms with E-state index in [1.807, 2.05) is 18.2 Å². The van der Waals surface area contributed by atoms with E-state index in [1.165, 1.54) is 4.90 Å². The number of rotatable bonds is 4. The van der Waals surface area contributed by atoms with Gasteiger partial charge in [0.1, 0.15) is 0 Å². The van der Waals surface area contributed by atoms with Crippen LogP contribution in [0.3, 0.4) is 0 Å².